The number of ether oxygens (including phenoxy) is 1. The second-order valence-electron chi connectivity index (χ2n) is 1.78. The van der Waals surface area contributed by atoms with Gasteiger partial charge in [0.2, 0.25) is 0 Å². The van der Waals surface area contributed by atoms with Gasteiger partial charge in [0, 0.05) is 0 Å². The molecule has 1 atom stereocenters. The Morgan fingerprint density at radius 3 is 2.78 bits per heavy atom. The van der Waals surface area contributed by atoms with Crippen molar-refractivity contribution in [2.45, 2.75) is 18.0 Å². The van der Waals surface area contributed by atoms with E-state index in [1.54, 1.807) is 0 Å². The quantitative estimate of drug-likeness (QED) is 0.376. The van der Waals surface area contributed by atoms with Crippen molar-refractivity contribution in [3.05, 3.63) is 0 Å². The maximum absolute atomic E-state index is 10.6. The molecule has 0 heterocycles. The minimum atomic E-state index is -0.183. The fraction of sp³-hybridized carbons (Fsp3) is 0.800. The Morgan fingerprint density at radius 1 is 1.89 bits per heavy atom. The molecule has 0 N–H and O–H groups in total. The van der Waals surface area contributed by atoms with Crippen molar-refractivity contribution in [3.8, 4) is 0 Å². The van der Waals surface area contributed by atoms with Gasteiger partial charge >= 0.3 is 5.97 Å². The highest BCUT2D eigenvalue weighted by molar-refractivity contribution is 9.10. The molecule has 0 fully saturated rings. The molecule has 0 radical (unpaired) electrons. The molecule has 0 spiro atoms. The minimum absolute atomic E-state index is 0.118. The van der Waals surface area contributed by atoms with Crippen LogP contribution in [0, 0.1) is 0 Å². The molecule has 0 aromatic carbocycles. The molecule has 2 nitrogen and oxygen atoms in total. The van der Waals surface area contributed by atoms with E-state index in [2.05, 4.69) is 20.7 Å². The van der Waals surface area contributed by atoms with Crippen molar-refractivity contribution in [2.24, 2.45) is 0 Å². The summed E-state index contributed by atoms with van der Waals surface area (Å²) in [6.45, 7) is 2.02. The smallest absolute Gasteiger partial charge is 0.318 e. The molecule has 0 rings (SSSR count). The Morgan fingerprint density at radius 2 is 2.44 bits per heavy atom. The third-order valence-corrected chi connectivity index (χ3v) is 1.83. The largest absolute Gasteiger partial charge is 0.468 e. The summed E-state index contributed by atoms with van der Waals surface area (Å²) in [7, 11) is 2.39. The molecule has 0 aliphatic heterocycles. The van der Waals surface area contributed by atoms with Gasteiger partial charge in [-0.1, -0.05) is 29.1 Å². The van der Waals surface area contributed by atoms with Gasteiger partial charge in [-0.2, -0.15) is 0 Å². The van der Waals surface area contributed by atoms with E-state index in [1.807, 2.05) is 6.82 Å². The standard InChI is InChI=1S/C5H10BBrO2/c1-6-3-4(7)5(8)9-2/h4,6H,3H2,1-2H3. The summed E-state index contributed by atoms with van der Waals surface area (Å²) in [6.07, 6.45) is 0.840. The molecule has 52 valence electrons. The van der Waals surface area contributed by atoms with E-state index in [-0.39, 0.29) is 10.8 Å². The summed E-state index contributed by atoms with van der Waals surface area (Å²) in [5.74, 6) is -0.183. The van der Waals surface area contributed by atoms with Crippen LogP contribution < -0.4 is 0 Å². The Kier molecular flexibility index (Phi) is 4.86. The van der Waals surface area contributed by atoms with Crippen molar-refractivity contribution in [2.75, 3.05) is 7.11 Å². The van der Waals surface area contributed by atoms with Crippen molar-refractivity contribution in [3.63, 3.8) is 0 Å². The zero-order valence-electron chi connectivity index (χ0n) is 5.69. The number of methoxy groups -OCH3 is 1. The van der Waals surface area contributed by atoms with Crippen LogP contribution in [0.1, 0.15) is 0 Å². The predicted molar refractivity (Wildman–Crippen MR) is 42.6 cm³/mol. The van der Waals surface area contributed by atoms with Crippen LogP contribution in [0.25, 0.3) is 0 Å². The minimum Gasteiger partial charge on any atom is -0.468 e. The molecule has 0 aromatic rings. The summed E-state index contributed by atoms with van der Waals surface area (Å²) in [5, 5.41) is 0. The highest BCUT2D eigenvalue weighted by Gasteiger charge is 2.12. The number of hydrogen-bond acceptors (Lipinski definition) is 2. The fourth-order valence-electron chi connectivity index (χ4n) is 0.499. The van der Waals surface area contributed by atoms with Gasteiger partial charge in [-0.05, 0) is 0 Å². The number of rotatable bonds is 3. The third-order valence-electron chi connectivity index (χ3n) is 0.999. The zero-order valence-corrected chi connectivity index (χ0v) is 7.27. The second-order valence-corrected chi connectivity index (χ2v) is 2.88. The summed E-state index contributed by atoms with van der Waals surface area (Å²) < 4.78 is 4.48. The summed E-state index contributed by atoms with van der Waals surface area (Å²) >= 11 is 3.19. The van der Waals surface area contributed by atoms with Crippen LogP contribution in [-0.2, 0) is 9.53 Å². The number of esters is 1. The monoisotopic (exact) mass is 192 g/mol. The first-order valence-electron chi connectivity index (χ1n) is 2.94. The number of hydrogen-bond donors (Lipinski definition) is 0. The summed E-state index contributed by atoms with van der Waals surface area (Å²) in [5.41, 5.74) is 0. The molecule has 9 heavy (non-hydrogen) atoms. The third kappa shape index (κ3) is 3.57. The number of alkyl halides is 1. The highest BCUT2D eigenvalue weighted by Crippen LogP contribution is 2.06. The van der Waals surface area contributed by atoms with Gasteiger partial charge in [0.05, 0.1) is 7.11 Å². The molecular weight excluding hydrogens is 183 g/mol. The van der Waals surface area contributed by atoms with Crippen LogP contribution in [0.4, 0.5) is 0 Å². The molecule has 4 heteroatoms. The molecule has 0 saturated heterocycles. The molecule has 0 amide bonds. The zero-order chi connectivity index (χ0) is 7.28. The molecular formula is C5H10BBrO2. The number of carbonyl (C=O) groups excluding carboxylic acids is 1. The molecule has 0 aromatic heterocycles. The van der Waals surface area contributed by atoms with Gasteiger partial charge < -0.3 is 4.74 Å². The lowest BCUT2D eigenvalue weighted by atomic mass is 9.77. The van der Waals surface area contributed by atoms with Crippen molar-refractivity contribution in [1.29, 1.82) is 0 Å². The van der Waals surface area contributed by atoms with Crippen LogP contribution in [0.3, 0.4) is 0 Å². The number of halogens is 1. The number of carbonyl (C=O) groups is 1. The Balaban J connectivity index is 3.45. The van der Waals surface area contributed by atoms with Crippen molar-refractivity contribution >= 4 is 29.2 Å². The lowest BCUT2D eigenvalue weighted by Gasteiger charge is -2.02. The fourth-order valence-corrected chi connectivity index (χ4v) is 1.14. The van der Waals surface area contributed by atoms with E-state index < -0.39 is 0 Å². The van der Waals surface area contributed by atoms with Crippen LogP contribution in [0.5, 0.6) is 0 Å². The van der Waals surface area contributed by atoms with Gasteiger partial charge in [0.15, 0.2) is 0 Å². The predicted octanol–water partition coefficient (Wildman–Crippen LogP) is 0.826. The van der Waals surface area contributed by atoms with E-state index in [0.717, 1.165) is 13.6 Å². The molecule has 1 unspecified atom stereocenters. The van der Waals surface area contributed by atoms with Gasteiger partial charge in [0.25, 0.3) is 0 Å². The van der Waals surface area contributed by atoms with Gasteiger partial charge in [0.1, 0.15) is 12.1 Å². The van der Waals surface area contributed by atoms with Gasteiger partial charge in [-0.15, -0.1) is 0 Å². The van der Waals surface area contributed by atoms with Crippen molar-refractivity contribution in [1.82, 2.24) is 0 Å². The first-order chi connectivity index (χ1) is 4.22. The maximum atomic E-state index is 10.6. The van der Waals surface area contributed by atoms with Gasteiger partial charge in [-0.3, -0.25) is 4.79 Å². The van der Waals surface area contributed by atoms with E-state index in [9.17, 15) is 4.79 Å². The second kappa shape index (κ2) is 4.85. The molecule has 0 bridgehead atoms. The summed E-state index contributed by atoms with van der Waals surface area (Å²) in [4.78, 5) is 10.5. The highest BCUT2D eigenvalue weighted by atomic mass is 79.9. The Bertz CT molecular complexity index is 97.0. The van der Waals surface area contributed by atoms with Gasteiger partial charge in [-0.25, -0.2) is 0 Å². The van der Waals surface area contributed by atoms with Crippen LogP contribution in [0.15, 0.2) is 0 Å². The maximum Gasteiger partial charge on any atom is 0.318 e. The van der Waals surface area contributed by atoms with Crippen molar-refractivity contribution < 1.29 is 9.53 Å². The van der Waals surface area contributed by atoms with Crippen LogP contribution in [-0.4, -0.2) is 25.2 Å². The van der Waals surface area contributed by atoms with E-state index in [4.69, 9.17) is 0 Å². The topological polar surface area (TPSA) is 26.3 Å². The average molecular weight is 193 g/mol. The van der Waals surface area contributed by atoms with E-state index in [1.165, 1.54) is 7.11 Å². The summed E-state index contributed by atoms with van der Waals surface area (Å²) in [6, 6.07) is 0. The van der Waals surface area contributed by atoms with E-state index in [0.29, 0.717) is 0 Å². The first kappa shape index (κ1) is 9.01. The molecule has 0 saturated carbocycles. The normalized spacial score (nSPS) is 12.3. The first-order valence-corrected chi connectivity index (χ1v) is 3.85. The SMILES string of the molecule is CBCC(Br)C(=O)OC. The lowest BCUT2D eigenvalue weighted by Crippen LogP contribution is -2.16. The Hall–Kier alpha value is 0.0149. The molecule has 0 aliphatic rings. The molecule has 0 aliphatic carbocycles. The van der Waals surface area contributed by atoms with Crippen LogP contribution in [0.2, 0.25) is 13.1 Å². The van der Waals surface area contributed by atoms with E-state index >= 15 is 0 Å². The average Bonchev–Trinajstić information content (AvgIpc) is 1.87. The lowest BCUT2D eigenvalue weighted by molar-refractivity contribution is -0.139. The van der Waals surface area contributed by atoms with Crippen LogP contribution >= 0.6 is 15.9 Å². The Labute approximate surface area is 64.3 Å².